The molecule has 0 aliphatic heterocycles. The topological polar surface area (TPSA) is 12.0 Å². The third-order valence-electron chi connectivity index (χ3n) is 3.21. The summed E-state index contributed by atoms with van der Waals surface area (Å²) in [6, 6.07) is 13.7. The van der Waals surface area contributed by atoms with Crippen molar-refractivity contribution in [1.29, 1.82) is 0 Å². The van der Waals surface area contributed by atoms with Gasteiger partial charge in [-0.05, 0) is 41.8 Å². The summed E-state index contributed by atoms with van der Waals surface area (Å²) < 4.78 is 0. The third-order valence-corrected chi connectivity index (χ3v) is 4.03. The van der Waals surface area contributed by atoms with Gasteiger partial charge >= 0.3 is 0 Å². The first kappa shape index (κ1) is 15.7. The van der Waals surface area contributed by atoms with E-state index in [1.54, 1.807) is 6.07 Å². The lowest BCUT2D eigenvalue weighted by Gasteiger charge is -2.19. The molecule has 0 spiro atoms. The first-order valence-corrected chi connectivity index (χ1v) is 7.66. The van der Waals surface area contributed by atoms with Gasteiger partial charge in [-0.3, -0.25) is 0 Å². The van der Waals surface area contributed by atoms with Gasteiger partial charge < -0.3 is 5.32 Å². The predicted molar refractivity (Wildman–Crippen MR) is 87.8 cm³/mol. The van der Waals surface area contributed by atoms with E-state index in [1.807, 2.05) is 36.4 Å². The molecule has 0 radical (unpaired) electrons. The molecule has 1 unspecified atom stereocenters. The van der Waals surface area contributed by atoms with Crippen molar-refractivity contribution in [1.82, 2.24) is 5.32 Å². The molecule has 0 aliphatic rings. The van der Waals surface area contributed by atoms with Crippen molar-refractivity contribution < 1.29 is 0 Å². The highest BCUT2D eigenvalue weighted by Gasteiger charge is 2.12. The highest BCUT2D eigenvalue weighted by atomic mass is 35.5. The maximum Gasteiger partial charge on any atom is 0.0468 e. The van der Waals surface area contributed by atoms with Crippen LogP contribution in [0.15, 0.2) is 42.5 Å². The van der Waals surface area contributed by atoms with Crippen LogP contribution in [0.1, 0.15) is 30.5 Å². The Hall–Kier alpha value is -0.730. The Morgan fingerprint density at radius 1 is 0.950 bits per heavy atom. The average molecular weight is 329 g/mol. The van der Waals surface area contributed by atoms with Crippen LogP contribution in [0, 0.1) is 0 Å². The molecule has 0 amide bonds. The van der Waals surface area contributed by atoms with Crippen LogP contribution in [-0.4, -0.2) is 0 Å². The van der Waals surface area contributed by atoms with E-state index in [0.717, 1.165) is 23.6 Å². The van der Waals surface area contributed by atoms with Gasteiger partial charge in [0.2, 0.25) is 0 Å². The van der Waals surface area contributed by atoms with Crippen molar-refractivity contribution in [2.75, 3.05) is 0 Å². The molecule has 1 N–H and O–H groups in total. The van der Waals surface area contributed by atoms with E-state index in [4.69, 9.17) is 34.8 Å². The van der Waals surface area contributed by atoms with Crippen LogP contribution in [0.2, 0.25) is 15.1 Å². The van der Waals surface area contributed by atoms with Gasteiger partial charge in [0.15, 0.2) is 0 Å². The zero-order valence-electron chi connectivity index (χ0n) is 11.2. The van der Waals surface area contributed by atoms with Gasteiger partial charge in [0.25, 0.3) is 0 Å². The number of nitrogens with one attached hydrogen (secondary N) is 1. The summed E-state index contributed by atoms with van der Waals surface area (Å²) in [5.74, 6) is 0. The first-order chi connectivity index (χ1) is 9.60. The SMILES string of the molecule is CCC(NCc1ccc(Cl)cc1)c1ccc(Cl)cc1Cl. The maximum absolute atomic E-state index is 6.26. The lowest BCUT2D eigenvalue weighted by Crippen LogP contribution is -2.20. The molecule has 0 bridgehead atoms. The Morgan fingerprint density at radius 2 is 1.60 bits per heavy atom. The minimum Gasteiger partial charge on any atom is -0.306 e. The van der Waals surface area contributed by atoms with Crippen molar-refractivity contribution in [2.45, 2.75) is 25.9 Å². The molecule has 0 heterocycles. The van der Waals surface area contributed by atoms with Crippen molar-refractivity contribution in [3.05, 3.63) is 68.7 Å². The highest BCUT2D eigenvalue weighted by Crippen LogP contribution is 2.28. The van der Waals surface area contributed by atoms with E-state index in [-0.39, 0.29) is 6.04 Å². The van der Waals surface area contributed by atoms with Crippen molar-refractivity contribution in [3.8, 4) is 0 Å². The molecule has 2 aromatic rings. The fourth-order valence-corrected chi connectivity index (χ4v) is 2.77. The molecule has 0 aliphatic carbocycles. The second-order valence-corrected chi connectivity index (χ2v) is 5.91. The predicted octanol–water partition coefficient (Wildman–Crippen LogP) is 5.89. The summed E-state index contributed by atoms with van der Waals surface area (Å²) in [5.41, 5.74) is 2.27. The Labute approximate surface area is 134 Å². The zero-order valence-corrected chi connectivity index (χ0v) is 13.4. The number of halogens is 3. The zero-order chi connectivity index (χ0) is 14.5. The molecule has 0 saturated carbocycles. The minimum absolute atomic E-state index is 0.204. The van der Waals surface area contributed by atoms with Gasteiger partial charge in [-0.2, -0.15) is 0 Å². The molecule has 0 fully saturated rings. The standard InChI is InChI=1S/C16H16Cl3N/c1-2-16(14-8-7-13(18)9-15(14)19)20-10-11-3-5-12(17)6-4-11/h3-9,16,20H,2,10H2,1H3. The Bertz CT molecular complexity index is 566. The maximum atomic E-state index is 6.26. The molecule has 20 heavy (non-hydrogen) atoms. The van der Waals surface area contributed by atoms with Crippen LogP contribution in [0.3, 0.4) is 0 Å². The summed E-state index contributed by atoms with van der Waals surface area (Å²) in [6.07, 6.45) is 0.953. The van der Waals surface area contributed by atoms with Crippen LogP contribution < -0.4 is 5.32 Å². The van der Waals surface area contributed by atoms with E-state index in [0.29, 0.717) is 10.0 Å². The molecule has 0 saturated heterocycles. The lowest BCUT2D eigenvalue weighted by atomic mass is 10.0. The molecule has 0 aromatic heterocycles. The summed E-state index contributed by atoms with van der Waals surface area (Å²) in [4.78, 5) is 0. The van der Waals surface area contributed by atoms with Crippen LogP contribution in [-0.2, 0) is 6.54 Å². The van der Waals surface area contributed by atoms with Crippen molar-refractivity contribution >= 4 is 34.8 Å². The summed E-state index contributed by atoms with van der Waals surface area (Å²) in [6.45, 7) is 2.90. The quantitative estimate of drug-likeness (QED) is 0.722. The monoisotopic (exact) mass is 327 g/mol. The summed E-state index contributed by atoms with van der Waals surface area (Å²) in [7, 11) is 0. The van der Waals surface area contributed by atoms with Gasteiger partial charge in [0.1, 0.15) is 0 Å². The average Bonchev–Trinajstić information content (AvgIpc) is 2.43. The highest BCUT2D eigenvalue weighted by molar-refractivity contribution is 6.35. The van der Waals surface area contributed by atoms with E-state index in [9.17, 15) is 0 Å². The van der Waals surface area contributed by atoms with Crippen molar-refractivity contribution in [2.24, 2.45) is 0 Å². The van der Waals surface area contributed by atoms with E-state index in [1.165, 1.54) is 5.56 Å². The third kappa shape index (κ3) is 4.13. The summed E-state index contributed by atoms with van der Waals surface area (Å²) >= 11 is 18.1. The Kier molecular flexibility index (Phi) is 5.74. The lowest BCUT2D eigenvalue weighted by molar-refractivity contribution is 0.519. The second-order valence-electron chi connectivity index (χ2n) is 4.63. The molecule has 2 aromatic carbocycles. The number of hydrogen-bond donors (Lipinski definition) is 1. The largest absolute Gasteiger partial charge is 0.306 e. The molecule has 1 nitrogen and oxygen atoms in total. The molecular formula is C16H16Cl3N. The Morgan fingerprint density at radius 3 is 2.20 bits per heavy atom. The Balaban J connectivity index is 2.07. The molecule has 2 rings (SSSR count). The number of rotatable bonds is 5. The number of hydrogen-bond acceptors (Lipinski definition) is 1. The van der Waals surface area contributed by atoms with Gasteiger partial charge in [-0.15, -0.1) is 0 Å². The van der Waals surface area contributed by atoms with Crippen molar-refractivity contribution in [3.63, 3.8) is 0 Å². The van der Waals surface area contributed by atoms with Crippen LogP contribution in [0.25, 0.3) is 0 Å². The fourth-order valence-electron chi connectivity index (χ4n) is 2.10. The molecule has 106 valence electrons. The van der Waals surface area contributed by atoms with E-state index < -0.39 is 0 Å². The van der Waals surface area contributed by atoms with E-state index in [2.05, 4.69) is 12.2 Å². The van der Waals surface area contributed by atoms with Gasteiger partial charge in [0, 0.05) is 27.7 Å². The minimum atomic E-state index is 0.204. The second kappa shape index (κ2) is 7.33. The van der Waals surface area contributed by atoms with Crippen LogP contribution in [0.4, 0.5) is 0 Å². The van der Waals surface area contributed by atoms with Gasteiger partial charge in [-0.25, -0.2) is 0 Å². The normalized spacial score (nSPS) is 12.4. The summed E-state index contributed by atoms with van der Waals surface area (Å²) in [5, 5.41) is 5.62. The molecular weight excluding hydrogens is 313 g/mol. The molecule has 4 heteroatoms. The van der Waals surface area contributed by atoms with Gasteiger partial charge in [-0.1, -0.05) is 59.9 Å². The smallest absolute Gasteiger partial charge is 0.0468 e. The van der Waals surface area contributed by atoms with Gasteiger partial charge in [0.05, 0.1) is 0 Å². The number of benzene rings is 2. The van der Waals surface area contributed by atoms with Crippen LogP contribution >= 0.6 is 34.8 Å². The van der Waals surface area contributed by atoms with Crippen LogP contribution in [0.5, 0.6) is 0 Å². The molecule has 1 atom stereocenters. The first-order valence-electron chi connectivity index (χ1n) is 6.53. The van der Waals surface area contributed by atoms with E-state index >= 15 is 0 Å². The fraction of sp³-hybridized carbons (Fsp3) is 0.250.